The van der Waals surface area contributed by atoms with Gasteiger partial charge in [-0.15, -0.1) is 0 Å². The van der Waals surface area contributed by atoms with Gasteiger partial charge in [0.1, 0.15) is 5.75 Å². The minimum absolute atomic E-state index is 0.169. The van der Waals surface area contributed by atoms with Crippen LogP contribution in [-0.4, -0.2) is 23.1 Å². The molecule has 0 aliphatic heterocycles. The van der Waals surface area contributed by atoms with Gasteiger partial charge < -0.3 is 15.2 Å². The summed E-state index contributed by atoms with van der Waals surface area (Å²) in [5.74, 6) is -0.596. The molecule has 5 nitrogen and oxygen atoms in total. The van der Waals surface area contributed by atoms with Crippen LogP contribution in [0.25, 0.3) is 0 Å². The molecule has 0 saturated heterocycles. The van der Waals surface area contributed by atoms with Crippen molar-refractivity contribution in [3.63, 3.8) is 0 Å². The quantitative estimate of drug-likeness (QED) is 0.887. The van der Waals surface area contributed by atoms with Gasteiger partial charge in [0, 0.05) is 5.69 Å². The molecule has 0 spiro atoms. The van der Waals surface area contributed by atoms with Gasteiger partial charge in [0.2, 0.25) is 0 Å². The summed E-state index contributed by atoms with van der Waals surface area (Å²) in [6.45, 7) is 5.53. The van der Waals surface area contributed by atoms with E-state index in [4.69, 9.17) is 9.84 Å². The van der Waals surface area contributed by atoms with Crippen LogP contribution in [-0.2, 0) is 4.79 Å². The Bertz CT molecular complexity index is 702. The minimum Gasteiger partial charge on any atom is -0.480 e. The number of amides is 1. The highest BCUT2D eigenvalue weighted by Gasteiger charge is 2.17. The Morgan fingerprint density at radius 2 is 1.61 bits per heavy atom. The van der Waals surface area contributed by atoms with Gasteiger partial charge in [0.15, 0.2) is 6.10 Å². The lowest BCUT2D eigenvalue weighted by Crippen LogP contribution is -2.30. The first kappa shape index (κ1) is 16.5. The molecule has 0 saturated carbocycles. The number of benzene rings is 2. The number of anilines is 1. The van der Waals surface area contributed by atoms with E-state index in [0.29, 0.717) is 11.4 Å². The Morgan fingerprint density at radius 3 is 2.13 bits per heavy atom. The Kier molecular flexibility index (Phi) is 5.01. The summed E-state index contributed by atoms with van der Waals surface area (Å²) in [5, 5.41) is 11.6. The number of ether oxygens (including phenoxy) is 1. The summed E-state index contributed by atoms with van der Waals surface area (Å²) in [5.41, 5.74) is 2.63. The van der Waals surface area contributed by atoms with Crippen molar-refractivity contribution in [1.29, 1.82) is 0 Å². The van der Waals surface area contributed by atoms with Crippen LogP contribution in [0.4, 0.5) is 5.69 Å². The van der Waals surface area contributed by atoms with E-state index in [1.807, 2.05) is 32.0 Å². The van der Waals surface area contributed by atoms with Crippen LogP contribution in [0, 0.1) is 13.8 Å². The Labute approximate surface area is 134 Å². The molecule has 1 unspecified atom stereocenters. The molecule has 2 N–H and O–H groups in total. The molecule has 0 fully saturated rings. The standard InChI is InChI=1S/C18H19NO4/c1-11-5-4-6-12(2)16(11)23-13(3)17(20)19-15-9-7-14(8-10-15)18(21)22/h4-10,13H,1-3H3,(H,19,20)(H,21,22). The van der Waals surface area contributed by atoms with E-state index in [0.717, 1.165) is 11.1 Å². The van der Waals surface area contributed by atoms with Gasteiger partial charge in [-0.2, -0.15) is 0 Å². The fourth-order valence-electron chi connectivity index (χ4n) is 2.16. The molecular formula is C18H19NO4. The van der Waals surface area contributed by atoms with E-state index < -0.39 is 12.1 Å². The second-order valence-corrected chi connectivity index (χ2v) is 5.35. The van der Waals surface area contributed by atoms with Gasteiger partial charge >= 0.3 is 5.97 Å². The van der Waals surface area contributed by atoms with Crippen molar-refractivity contribution >= 4 is 17.6 Å². The van der Waals surface area contributed by atoms with Crippen molar-refractivity contribution in [3.05, 3.63) is 59.2 Å². The van der Waals surface area contributed by atoms with Crippen LogP contribution in [0.15, 0.2) is 42.5 Å². The van der Waals surface area contributed by atoms with Crippen LogP contribution in [0.5, 0.6) is 5.75 Å². The number of rotatable bonds is 5. The molecule has 2 rings (SSSR count). The summed E-state index contributed by atoms with van der Waals surface area (Å²) in [6, 6.07) is 11.8. The molecule has 1 atom stereocenters. The van der Waals surface area contributed by atoms with Crippen molar-refractivity contribution in [1.82, 2.24) is 0 Å². The molecule has 1 amide bonds. The van der Waals surface area contributed by atoms with Crippen molar-refractivity contribution in [2.24, 2.45) is 0 Å². The summed E-state index contributed by atoms with van der Waals surface area (Å²) < 4.78 is 5.77. The number of carboxylic acids is 1. The first-order valence-corrected chi connectivity index (χ1v) is 7.25. The lowest BCUT2D eigenvalue weighted by atomic mass is 10.1. The van der Waals surface area contributed by atoms with Crippen LogP contribution in [0.3, 0.4) is 0 Å². The van der Waals surface area contributed by atoms with Crippen LogP contribution in [0.2, 0.25) is 0 Å². The molecule has 0 aromatic heterocycles. The van der Waals surface area contributed by atoms with Gasteiger partial charge in [-0.25, -0.2) is 4.79 Å². The number of aromatic carboxylic acids is 1. The largest absolute Gasteiger partial charge is 0.480 e. The van der Waals surface area contributed by atoms with Gasteiger partial charge in [0.05, 0.1) is 5.56 Å². The zero-order valence-electron chi connectivity index (χ0n) is 13.3. The highest BCUT2D eigenvalue weighted by Crippen LogP contribution is 2.23. The van der Waals surface area contributed by atoms with Gasteiger partial charge in [0.25, 0.3) is 5.91 Å². The zero-order chi connectivity index (χ0) is 17.0. The number of carbonyl (C=O) groups excluding carboxylic acids is 1. The number of hydrogen-bond acceptors (Lipinski definition) is 3. The molecule has 5 heteroatoms. The third-order valence-corrected chi connectivity index (χ3v) is 3.47. The lowest BCUT2D eigenvalue weighted by molar-refractivity contribution is -0.122. The summed E-state index contributed by atoms with van der Waals surface area (Å²) in [4.78, 5) is 23.0. The predicted molar refractivity (Wildman–Crippen MR) is 88.0 cm³/mol. The Hall–Kier alpha value is -2.82. The smallest absolute Gasteiger partial charge is 0.335 e. The summed E-state index contributed by atoms with van der Waals surface area (Å²) in [6.07, 6.45) is -0.672. The molecule has 0 radical (unpaired) electrons. The van der Waals surface area contributed by atoms with Crippen molar-refractivity contribution in [2.45, 2.75) is 26.9 Å². The molecule has 0 aliphatic carbocycles. The fraction of sp³-hybridized carbons (Fsp3) is 0.222. The second-order valence-electron chi connectivity index (χ2n) is 5.35. The molecule has 0 aliphatic rings. The average Bonchev–Trinajstić information content (AvgIpc) is 2.51. The average molecular weight is 313 g/mol. The number of nitrogens with one attached hydrogen (secondary N) is 1. The first-order valence-electron chi connectivity index (χ1n) is 7.25. The minimum atomic E-state index is -1.00. The number of hydrogen-bond donors (Lipinski definition) is 2. The first-order chi connectivity index (χ1) is 10.9. The zero-order valence-corrected chi connectivity index (χ0v) is 13.3. The highest BCUT2D eigenvalue weighted by molar-refractivity contribution is 5.95. The van der Waals surface area contributed by atoms with Gasteiger partial charge in [-0.1, -0.05) is 18.2 Å². The van der Waals surface area contributed by atoms with Gasteiger partial charge in [-0.05, 0) is 56.2 Å². The third-order valence-electron chi connectivity index (χ3n) is 3.47. The molecular weight excluding hydrogens is 294 g/mol. The molecule has 23 heavy (non-hydrogen) atoms. The van der Waals surface area contributed by atoms with E-state index in [1.165, 1.54) is 12.1 Å². The number of carbonyl (C=O) groups is 2. The normalized spacial score (nSPS) is 11.6. The maximum atomic E-state index is 12.2. The molecule has 0 bridgehead atoms. The third kappa shape index (κ3) is 4.10. The Morgan fingerprint density at radius 1 is 1.04 bits per heavy atom. The van der Waals surface area contributed by atoms with Crippen LogP contribution >= 0.6 is 0 Å². The van der Waals surface area contributed by atoms with E-state index in [9.17, 15) is 9.59 Å². The monoisotopic (exact) mass is 313 g/mol. The van der Waals surface area contributed by atoms with Crippen LogP contribution in [0.1, 0.15) is 28.4 Å². The summed E-state index contributed by atoms with van der Waals surface area (Å²) in [7, 11) is 0. The lowest BCUT2D eigenvalue weighted by Gasteiger charge is -2.18. The van der Waals surface area contributed by atoms with Crippen molar-refractivity contribution in [2.75, 3.05) is 5.32 Å². The number of para-hydroxylation sites is 1. The second kappa shape index (κ2) is 6.96. The number of aryl methyl sites for hydroxylation is 2. The highest BCUT2D eigenvalue weighted by atomic mass is 16.5. The fourth-order valence-corrected chi connectivity index (χ4v) is 2.16. The van der Waals surface area contributed by atoms with E-state index in [2.05, 4.69) is 5.32 Å². The molecule has 2 aromatic carbocycles. The predicted octanol–water partition coefficient (Wildman–Crippen LogP) is 3.41. The maximum absolute atomic E-state index is 12.2. The SMILES string of the molecule is Cc1cccc(C)c1OC(C)C(=O)Nc1ccc(C(=O)O)cc1. The number of carboxylic acid groups (broad SMARTS) is 1. The van der Waals surface area contributed by atoms with Crippen molar-refractivity contribution < 1.29 is 19.4 Å². The Balaban J connectivity index is 2.04. The van der Waals surface area contributed by atoms with E-state index >= 15 is 0 Å². The van der Waals surface area contributed by atoms with Gasteiger partial charge in [-0.3, -0.25) is 4.79 Å². The maximum Gasteiger partial charge on any atom is 0.335 e. The van der Waals surface area contributed by atoms with Crippen LogP contribution < -0.4 is 10.1 Å². The van der Waals surface area contributed by atoms with E-state index in [-0.39, 0.29) is 11.5 Å². The topological polar surface area (TPSA) is 75.6 Å². The molecule has 2 aromatic rings. The molecule has 120 valence electrons. The van der Waals surface area contributed by atoms with E-state index in [1.54, 1.807) is 19.1 Å². The summed E-state index contributed by atoms with van der Waals surface area (Å²) >= 11 is 0. The van der Waals surface area contributed by atoms with Crippen molar-refractivity contribution in [3.8, 4) is 5.75 Å². The molecule has 0 heterocycles.